The van der Waals surface area contributed by atoms with Crippen LogP contribution in [0.15, 0.2) is 30.3 Å². The number of carbonyl (C=O) groups is 1. The SMILES string of the molecule is CC(CCNC1C2CC3CC(C2)CC1C3)(C(=O)O)c1ccccc1. The molecule has 1 aromatic carbocycles. The van der Waals surface area contributed by atoms with Crippen LogP contribution in [-0.4, -0.2) is 23.7 Å². The summed E-state index contributed by atoms with van der Waals surface area (Å²) in [4.78, 5) is 11.9. The number of nitrogens with one attached hydrogen (secondary N) is 1. The van der Waals surface area contributed by atoms with Gasteiger partial charge in [0.25, 0.3) is 0 Å². The Labute approximate surface area is 144 Å². The van der Waals surface area contributed by atoms with Gasteiger partial charge in [-0.05, 0) is 81.2 Å². The van der Waals surface area contributed by atoms with Gasteiger partial charge in [0, 0.05) is 6.04 Å². The molecule has 4 aliphatic rings. The third-order valence-corrected chi connectivity index (χ3v) is 7.11. The normalized spacial score (nSPS) is 36.5. The number of benzene rings is 1. The molecule has 1 unspecified atom stereocenters. The molecule has 4 fully saturated rings. The summed E-state index contributed by atoms with van der Waals surface area (Å²) in [6, 6.07) is 10.3. The van der Waals surface area contributed by atoms with E-state index in [0.29, 0.717) is 12.5 Å². The Balaban J connectivity index is 1.40. The van der Waals surface area contributed by atoms with Crippen molar-refractivity contribution in [3.63, 3.8) is 0 Å². The smallest absolute Gasteiger partial charge is 0.313 e. The summed E-state index contributed by atoms with van der Waals surface area (Å²) in [6.45, 7) is 2.66. The first kappa shape index (κ1) is 16.1. The molecule has 4 aliphatic carbocycles. The molecular weight excluding hydrogens is 298 g/mol. The maximum Gasteiger partial charge on any atom is 0.313 e. The highest BCUT2D eigenvalue weighted by Gasteiger charge is 2.48. The molecule has 130 valence electrons. The molecular formula is C21H29NO2. The van der Waals surface area contributed by atoms with E-state index in [-0.39, 0.29) is 0 Å². The number of hydrogen-bond donors (Lipinski definition) is 2. The van der Waals surface area contributed by atoms with Crippen molar-refractivity contribution in [2.45, 2.75) is 56.9 Å². The zero-order valence-corrected chi connectivity index (χ0v) is 14.6. The number of rotatable bonds is 6. The minimum absolute atomic E-state index is 0.631. The Hall–Kier alpha value is -1.35. The molecule has 4 bridgehead atoms. The number of aliphatic carboxylic acids is 1. The van der Waals surface area contributed by atoms with Gasteiger partial charge in [-0.2, -0.15) is 0 Å². The molecule has 5 rings (SSSR count). The third-order valence-electron chi connectivity index (χ3n) is 7.11. The van der Waals surface area contributed by atoms with E-state index in [1.807, 2.05) is 37.3 Å². The first-order chi connectivity index (χ1) is 11.6. The number of carboxylic acids is 1. The van der Waals surface area contributed by atoms with Gasteiger partial charge in [0.15, 0.2) is 0 Å². The van der Waals surface area contributed by atoms with Gasteiger partial charge in [0.1, 0.15) is 0 Å². The average Bonchev–Trinajstić information content (AvgIpc) is 2.57. The van der Waals surface area contributed by atoms with Gasteiger partial charge in [-0.15, -0.1) is 0 Å². The van der Waals surface area contributed by atoms with Crippen molar-refractivity contribution in [3.8, 4) is 0 Å². The highest BCUT2D eigenvalue weighted by molar-refractivity contribution is 5.80. The maximum atomic E-state index is 11.9. The van der Waals surface area contributed by atoms with Crippen LogP contribution in [0.2, 0.25) is 0 Å². The molecule has 1 aromatic rings. The van der Waals surface area contributed by atoms with Gasteiger partial charge in [-0.25, -0.2) is 0 Å². The van der Waals surface area contributed by atoms with E-state index in [2.05, 4.69) is 5.32 Å². The fraction of sp³-hybridized carbons (Fsp3) is 0.667. The lowest BCUT2D eigenvalue weighted by Crippen LogP contribution is -2.55. The van der Waals surface area contributed by atoms with E-state index >= 15 is 0 Å². The lowest BCUT2D eigenvalue weighted by Gasteiger charge is -2.54. The highest BCUT2D eigenvalue weighted by atomic mass is 16.4. The number of carboxylic acid groups (broad SMARTS) is 1. The molecule has 24 heavy (non-hydrogen) atoms. The maximum absolute atomic E-state index is 11.9. The fourth-order valence-corrected chi connectivity index (χ4v) is 5.93. The van der Waals surface area contributed by atoms with Crippen LogP contribution < -0.4 is 5.32 Å². The van der Waals surface area contributed by atoms with E-state index < -0.39 is 11.4 Å². The Bertz CT molecular complexity index is 571. The van der Waals surface area contributed by atoms with Crippen LogP contribution in [0.1, 0.15) is 51.0 Å². The second-order valence-corrected chi connectivity index (χ2v) is 8.66. The fourth-order valence-electron chi connectivity index (χ4n) is 5.93. The van der Waals surface area contributed by atoms with Crippen LogP contribution in [0.25, 0.3) is 0 Å². The molecule has 3 heteroatoms. The van der Waals surface area contributed by atoms with E-state index in [1.165, 1.54) is 32.1 Å². The number of hydrogen-bond acceptors (Lipinski definition) is 2. The summed E-state index contributed by atoms with van der Waals surface area (Å²) in [5.74, 6) is 2.93. The zero-order valence-electron chi connectivity index (χ0n) is 14.6. The first-order valence-electron chi connectivity index (χ1n) is 9.58. The van der Waals surface area contributed by atoms with Crippen molar-refractivity contribution in [2.24, 2.45) is 23.7 Å². The van der Waals surface area contributed by atoms with Crippen molar-refractivity contribution in [3.05, 3.63) is 35.9 Å². The van der Waals surface area contributed by atoms with Crippen molar-refractivity contribution in [2.75, 3.05) is 6.54 Å². The van der Waals surface area contributed by atoms with Gasteiger partial charge >= 0.3 is 5.97 Å². The van der Waals surface area contributed by atoms with Gasteiger partial charge in [-0.1, -0.05) is 30.3 Å². The standard InChI is InChI=1S/C21H29NO2/c1-21(20(23)24,18-5-3-2-4-6-18)7-8-22-19-16-10-14-9-15(12-16)13-17(19)11-14/h2-6,14-17,19,22H,7-13H2,1H3,(H,23,24). The summed E-state index contributed by atoms with van der Waals surface area (Å²) in [7, 11) is 0. The molecule has 1 atom stereocenters. The second kappa shape index (κ2) is 6.18. The van der Waals surface area contributed by atoms with E-state index in [9.17, 15) is 9.90 Å². The quantitative estimate of drug-likeness (QED) is 0.835. The molecule has 0 saturated heterocycles. The van der Waals surface area contributed by atoms with E-state index in [0.717, 1.165) is 35.8 Å². The molecule has 0 amide bonds. The van der Waals surface area contributed by atoms with Crippen molar-refractivity contribution < 1.29 is 9.90 Å². The largest absolute Gasteiger partial charge is 0.481 e. The first-order valence-corrected chi connectivity index (χ1v) is 9.58. The lowest BCUT2D eigenvalue weighted by molar-refractivity contribution is -0.143. The predicted molar refractivity (Wildman–Crippen MR) is 94.9 cm³/mol. The lowest BCUT2D eigenvalue weighted by atomic mass is 9.54. The summed E-state index contributed by atoms with van der Waals surface area (Å²) < 4.78 is 0. The summed E-state index contributed by atoms with van der Waals surface area (Å²) >= 11 is 0. The average molecular weight is 327 g/mol. The second-order valence-electron chi connectivity index (χ2n) is 8.66. The molecule has 3 nitrogen and oxygen atoms in total. The van der Waals surface area contributed by atoms with Gasteiger partial charge < -0.3 is 10.4 Å². The molecule has 0 spiro atoms. The molecule has 0 aromatic heterocycles. The summed E-state index contributed by atoms with van der Waals surface area (Å²) in [5, 5.41) is 13.6. The van der Waals surface area contributed by atoms with Crippen LogP contribution in [0.3, 0.4) is 0 Å². The molecule has 2 N–H and O–H groups in total. The topological polar surface area (TPSA) is 49.3 Å². The van der Waals surface area contributed by atoms with Crippen LogP contribution >= 0.6 is 0 Å². The third kappa shape index (κ3) is 2.77. The monoisotopic (exact) mass is 327 g/mol. The van der Waals surface area contributed by atoms with Crippen LogP contribution in [0.5, 0.6) is 0 Å². The molecule has 4 saturated carbocycles. The van der Waals surface area contributed by atoms with Crippen LogP contribution in [-0.2, 0) is 10.2 Å². The summed E-state index contributed by atoms with van der Waals surface area (Å²) in [6.07, 6.45) is 7.73. The molecule has 0 aliphatic heterocycles. The van der Waals surface area contributed by atoms with Crippen molar-refractivity contribution >= 4 is 5.97 Å². The van der Waals surface area contributed by atoms with Crippen LogP contribution in [0.4, 0.5) is 0 Å². The molecule has 0 heterocycles. The van der Waals surface area contributed by atoms with Gasteiger partial charge in [0.05, 0.1) is 5.41 Å². The Morgan fingerprint density at radius 1 is 1.08 bits per heavy atom. The molecule has 0 radical (unpaired) electrons. The van der Waals surface area contributed by atoms with E-state index in [4.69, 9.17) is 0 Å². The van der Waals surface area contributed by atoms with Crippen molar-refractivity contribution in [1.82, 2.24) is 5.32 Å². The van der Waals surface area contributed by atoms with Gasteiger partial charge in [-0.3, -0.25) is 4.79 Å². The Kier molecular flexibility index (Phi) is 4.16. The zero-order chi connectivity index (χ0) is 16.7. The predicted octanol–water partition coefficient (Wildman–Crippen LogP) is 3.83. The van der Waals surface area contributed by atoms with E-state index in [1.54, 1.807) is 0 Å². The highest BCUT2D eigenvalue weighted by Crippen LogP contribution is 2.53. The van der Waals surface area contributed by atoms with Crippen LogP contribution in [0, 0.1) is 23.7 Å². The van der Waals surface area contributed by atoms with Crippen molar-refractivity contribution in [1.29, 1.82) is 0 Å². The Morgan fingerprint density at radius 2 is 1.67 bits per heavy atom. The minimum Gasteiger partial charge on any atom is -0.481 e. The Morgan fingerprint density at radius 3 is 2.21 bits per heavy atom. The summed E-state index contributed by atoms with van der Waals surface area (Å²) in [5.41, 5.74) is 0.101. The minimum atomic E-state index is -0.805. The van der Waals surface area contributed by atoms with Gasteiger partial charge in [0.2, 0.25) is 0 Å².